The second-order valence-corrected chi connectivity index (χ2v) is 11.9. The quantitative estimate of drug-likeness (QED) is 0.438. The molecule has 0 saturated heterocycles. The summed E-state index contributed by atoms with van der Waals surface area (Å²) in [6.07, 6.45) is -0.0362. The zero-order valence-electron chi connectivity index (χ0n) is 18.7. The highest BCUT2D eigenvalue weighted by atomic mass is 35.5. The van der Waals surface area contributed by atoms with Gasteiger partial charge in [0.2, 0.25) is 11.8 Å². The number of urea groups is 1. The van der Waals surface area contributed by atoms with Crippen molar-refractivity contribution in [2.24, 2.45) is 4.99 Å². The van der Waals surface area contributed by atoms with Gasteiger partial charge in [-0.25, -0.2) is 27.8 Å². The highest BCUT2D eigenvalue weighted by Gasteiger charge is 2.34. The van der Waals surface area contributed by atoms with E-state index in [4.69, 9.17) is 27.9 Å². The minimum Gasteiger partial charge on any atom is -0.476 e. The van der Waals surface area contributed by atoms with Crippen molar-refractivity contribution in [2.45, 2.75) is 10.6 Å². The van der Waals surface area contributed by atoms with E-state index >= 15 is 0 Å². The Morgan fingerprint density at radius 1 is 1.08 bits per heavy atom. The molecule has 2 N–H and O–H groups in total. The van der Waals surface area contributed by atoms with Gasteiger partial charge in [-0.1, -0.05) is 23.2 Å². The largest absolute Gasteiger partial charge is 0.476 e. The first-order chi connectivity index (χ1) is 17.6. The van der Waals surface area contributed by atoms with Crippen molar-refractivity contribution in [3.8, 4) is 0 Å². The number of fused-ring (bicyclic) bond motifs is 1. The van der Waals surface area contributed by atoms with Crippen LogP contribution in [0.2, 0.25) is 9.36 Å². The molecule has 3 aromatic rings. The van der Waals surface area contributed by atoms with Gasteiger partial charge in [0.1, 0.15) is 10.8 Å². The number of benzene rings is 2. The zero-order valence-corrected chi connectivity index (χ0v) is 21.8. The molecule has 14 heteroatoms. The Bertz CT molecular complexity index is 1600. The molecule has 0 aliphatic carbocycles. The first-order valence-electron chi connectivity index (χ1n) is 10.7. The van der Waals surface area contributed by atoms with E-state index in [0.717, 1.165) is 16.2 Å². The smallest absolute Gasteiger partial charge is 0.333 e. The minimum absolute atomic E-state index is 0.00109. The number of nitrogens with one attached hydrogen (secondary N) is 2. The summed E-state index contributed by atoms with van der Waals surface area (Å²) >= 11 is 12.9. The van der Waals surface area contributed by atoms with Gasteiger partial charge in [0.15, 0.2) is 0 Å². The van der Waals surface area contributed by atoms with Crippen LogP contribution in [0.15, 0.2) is 57.7 Å². The van der Waals surface area contributed by atoms with Gasteiger partial charge < -0.3 is 10.1 Å². The van der Waals surface area contributed by atoms with Crippen molar-refractivity contribution in [3.63, 3.8) is 0 Å². The van der Waals surface area contributed by atoms with Crippen LogP contribution in [0.1, 0.15) is 21.5 Å². The second-order valence-electron chi connectivity index (χ2n) is 7.90. The van der Waals surface area contributed by atoms with Crippen molar-refractivity contribution in [1.82, 2.24) is 4.72 Å². The minimum atomic E-state index is -4.12. The zero-order chi connectivity index (χ0) is 26.3. The van der Waals surface area contributed by atoms with E-state index < -0.39 is 27.9 Å². The van der Waals surface area contributed by atoms with Crippen LogP contribution in [-0.4, -0.2) is 45.3 Å². The summed E-state index contributed by atoms with van der Waals surface area (Å²) in [5.41, 5.74) is 1.87. The molecule has 190 valence electrons. The average molecular weight is 579 g/mol. The number of imide groups is 1. The molecule has 0 bridgehead atoms. The average Bonchev–Trinajstić information content (AvgIpc) is 3.52. The number of halogens is 2. The molecule has 2 aromatic carbocycles. The molecule has 0 radical (unpaired) electrons. The number of nitrogens with zero attached hydrogens (tertiary/aromatic N) is 2. The number of anilines is 2. The summed E-state index contributed by atoms with van der Waals surface area (Å²) in [7, 11) is -4.12. The topological polar surface area (TPSA) is 134 Å². The molecule has 0 unspecified atom stereocenters. The number of carbonyl (C=O) groups excluding carboxylic acids is 3. The lowest BCUT2D eigenvalue weighted by Crippen LogP contribution is -2.42. The molecule has 2 aliphatic heterocycles. The summed E-state index contributed by atoms with van der Waals surface area (Å²) in [5, 5.41) is 2.36. The molecular formula is C23H16Cl2N4O6S2. The molecule has 10 nitrogen and oxygen atoms in total. The Balaban J connectivity index is 1.33. The highest BCUT2D eigenvalue weighted by Crippen LogP contribution is 2.34. The van der Waals surface area contributed by atoms with Crippen molar-refractivity contribution < 1.29 is 27.5 Å². The molecule has 4 amide bonds. The molecular weight excluding hydrogens is 563 g/mol. The normalized spacial score (nSPS) is 15.2. The number of sulfonamides is 1. The lowest BCUT2D eigenvalue weighted by atomic mass is 9.95. The van der Waals surface area contributed by atoms with Gasteiger partial charge in [0.05, 0.1) is 28.0 Å². The van der Waals surface area contributed by atoms with E-state index in [0.29, 0.717) is 35.7 Å². The van der Waals surface area contributed by atoms with E-state index in [1.807, 2.05) is 4.72 Å². The van der Waals surface area contributed by atoms with Crippen molar-refractivity contribution in [1.29, 1.82) is 0 Å². The third-order valence-electron chi connectivity index (χ3n) is 5.45. The fourth-order valence-electron chi connectivity index (χ4n) is 3.85. The van der Waals surface area contributed by atoms with Crippen molar-refractivity contribution in [3.05, 3.63) is 74.6 Å². The van der Waals surface area contributed by atoms with Crippen LogP contribution in [0.3, 0.4) is 0 Å². The SMILES string of the molecule is O=C(Nc1ccc(N2C(=O)Cc3cc(C4=NCCO4)ccc3C2=O)c(Cl)c1)NS(=O)(=O)c1ccc(Cl)s1. The fraction of sp³-hybridized carbons (Fsp3) is 0.130. The summed E-state index contributed by atoms with van der Waals surface area (Å²) in [5.74, 6) is -0.551. The van der Waals surface area contributed by atoms with Gasteiger partial charge in [-0.05, 0) is 54.1 Å². The Kier molecular flexibility index (Phi) is 6.67. The maximum atomic E-state index is 13.2. The fourth-order valence-corrected chi connectivity index (χ4v) is 6.50. The predicted octanol–water partition coefficient (Wildman–Crippen LogP) is 4.07. The van der Waals surface area contributed by atoms with Crippen LogP contribution in [0.25, 0.3) is 0 Å². The van der Waals surface area contributed by atoms with Crippen molar-refractivity contribution >= 4 is 79.7 Å². The number of hydrogen-bond acceptors (Lipinski definition) is 8. The van der Waals surface area contributed by atoms with Gasteiger partial charge in [-0.15, -0.1) is 11.3 Å². The van der Waals surface area contributed by atoms with E-state index in [1.165, 1.54) is 30.3 Å². The summed E-state index contributed by atoms with van der Waals surface area (Å²) in [4.78, 5) is 43.6. The molecule has 2 aliphatic rings. The van der Waals surface area contributed by atoms with Gasteiger partial charge in [-0.2, -0.15) is 0 Å². The maximum absolute atomic E-state index is 13.2. The van der Waals surface area contributed by atoms with E-state index in [-0.39, 0.29) is 31.4 Å². The van der Waals surface area contributed by atoms with Crippen LogP contribution in [0.5, 0.6) is 0 Å². The second kappa shape index (κ2) is 9.78. The van der Waals surface area contributed by atoms with Gasteiger partial charge >= 0.3 is 6.03 Å². The monoisotopic (exact) mass is 578 g/mol. The molecule has 5 rings (SSSR count). The van der Waals surface area contributed by atoms with Gasteiger partial charge in [0.25, 0.3) is 15.9 Å². The van der Waals surface area contributed by atoms with E-state index in [1.54, 1.807) is 18.2 Å². The molecule has 0 spiro atoms. The van der Waals surface area contributed by atoms with Crippen LogP contribution >= 0.6 is 34.5 Å². The number of rotatable bonds is 5. The first-order valence-corrected chi connectivity index (χ1v) is 13.7. The first kappa shape index (κ1) is 25.2. The number of carbonyl (C=O) groups is 3. The lowest BCUT2D eigenvalue weighted by molar-refractivity contribution is -0.117. The molecule has 0 saturated carbocycles. The third kappa shape index (κ3) is 5.05. The summed E-state index contributed by atoms with van der Waals surface area (Å²) in [6.45, 7) is 1.05. The number of amides is 4. The molecule has 0 fully saturated rings. The van der Waals surface area contributed by atoms with Gasteiger partial charge in [0, 0.05) is 16.8 Å². The Labute approximate surface area is 224 Å². The van der Waals surface area contributed by atoms with Crippen LogP contribution in [0, 0.1) is 0 Å². The number of aliphatic imine (C=N–C) groups is 1. The number of ether oxygens (including phenoxy) is 1. The standard InChI is InChI=1S/C23H16Cl2N4O6S2/c24-16-11-14(27-23(32)28-37(33,34)20-6-5-18(25)36-20)2-4-17(16)29-19(30)10-13-9-12(21-26-7-8-35-21)1-3-15(13)22(29)31/h1-6,9,11H,7-8,10H2,(H2,27,28,32). The van der Waals surface area contributed by atoms with Crippen LogP contribution in [0.4, 0.5) is 16.2 Å². The molecule has 1 aromatic heterocycles. The molecule has 37 heavy (non-hydrogen) atoms. The number of hydrogen-bond donors (Lipinski definition) is 2. The number of thiophene rings is 1. The highest BCUT2D eigenvalue weighted by molar-refractivity contribution is 7.92. The molecule has 0 atom stereocenters. The van der Waals surface area contributed by atoms with Crippen LogP contribution < -0.4 is 14.9 Å². The predicted molar refractivity (Wildman–Crippen MR) is 139 cm³/mol. The Hall–Kier alpha value is -3.45. The van der Waals surface area contributed by atoms with E-state index in [2.05, 4.69) is 10.3 Å². The Morgan fingerprint density at radius 3 is 2.57 bits per heavy atom. The maximum Gasteiger partial charge on any atom is 0.333 e. The Morgan fingerprint density at radius 2 is 1.89 bits per heavy atom. The summed E-state index contributed by atoms with van der Waals surface area (Å²) in [6, 6.07) is 10.8. The molecule has 3 heterocycles. The van der Waals surface area contributed by atoms with Crippen molar-refractivity contribution in [2.75, 3.05) is 23.4 Å². The third-order valence-corrected chi connectivity index (χ3v) is 8.81. The summed E-state index contributed by atoms with van der Waals surface area (Å²) < 4.78 is 32.1. The van der Waals surface area contributed by atoms with Gasteiger partial charge in [-0.3, -0.25) is 9.59 Å². The lowest BCUT2D eigenvalue weighted by Gasteiger charge is -2.28. The van der Waals surface area contributed by atoms with Crippen LogP contribution in [-0.2, 0) is 26.0 Å². The van der Waals surface area contributed by atoms with E-state index in [9.17, 15) is 22.8 Å².